The van der Waals surface area contributed by atoms with Crippen molar-refractivity contribution in [2.75, 3.05) is 19.1 Å². The predicted molar refractivity (Wildman–Crippen MR) is 67.0 cm³/mol. The number of nitrogens with one attached hydrogen (secondary N) is 1. The number of carboxylic acids is 1. The number of benzene rings is 1. The third kappa shape index (κ3) is 3.13. The van der Waals surface area contributed by atoms with Crippen LogP contribution in [0.1, 0.15) is 6.92 Å². The van der Waals surface area contributed by atoms with Crippen LogP contribution in [0.15, 0.2) is 24.3 Å². The summed E-state index contributed by atoms with van der Waals surface area (Å²) < 4.78 is 5.13. The molecule has 2 amide bonds. The number of amides is 2. The first-order chi connectivity index (χ1) is 8.47. The molecule has 1 rings (SSSR count). The van der Waals surface area contributed by atoms with Crippen LogP contribution in [0.25, 0.3) is 0 Å². The number of methoxy groups -OCH3 is 1. The number of carbonyl (C=O) groups excluding carboxylic acids is 1. The molecule has 0 bridgehead atoms. The number of aliphatic carboxylic acids is 1. The minimum Gasteiger partial charge on any atom is -0.495 e. The van der Waals surface area contributed by atoms with Crippen molar-refractivity contribution in [3.05, 3.63) is 24.3 Å². The third-order valence-electron chi connectivity index (χ3n) is 2.46. The molecule has 1 aromatic rings. The van der Waals surface area contributed by atoms with Gasteiger partial charge in [0, 0.05) is 7.05 Å². The van der Waals surface area contributed by atoms with Crippen molar-refractivity contribution in [3.8, 4) is 5.75 Å². The van der Waals surface area contributed by atoms with Crippen LogP contribution in [0.2, 0.25) is 0 Å². The van der Waals surface area contributed by atoms with E-state index in [1.165, 1.54) is 18.9 Å². The molecule has 0 saturated carbocycles. The molecular formula is C12H16N2O4. The smallest absolute Gasteiger partial charge is 0.325 e. The highest BCUT2D eigenvalue weighted by Gasteiger charge is 2.19. The van der Waals surface area contributed by atoms with Gasteiger partial charge in [-0.15, -0.1) is 0 Å². The molecular weight excluding hydrogens is 236 g/mol. The molecule has 0 aliphatic rings. The summed E-state index contributed by atoms with van der Waals surface area (Å²) >= 11 is 0. The summed E-state index contributed by atoms with van der Waals surface area (Å²) in [5.41, 5.74) is 0.565. The topological polar surface area (TPSA) is 78.9 Å². The lowest BCUT2D eigenvalue weighted by Gasteiger charge is -2.21. The van der Waals surface area contributed by atoms with Gasteiger partial charge in [-0.05, 0) is 19.1 Å². The molecule has 0 radical (unpaired) electrons. The minimum absolute atomic E-state index is 0.505. The van der Waals surface area contributed by atoms with Crippen LogP contribution in [-0.4, -0.2) is 37.3 Å². The summed E-state index contributed by atoms with van der Waals surface area (Å²) in [7, 11) is 3.05. The van der Waals surface area contributed by atoms with Gasteiger partial charge in [0.05, 0.1) is 12.8 Å². The minimum atomic E-state index is -1.09. The zero-order valence-electron chi connectivity index (χ0n) is 10.5. The quantitative estimate of drug-likeness (QED) is 0.847. The maximum absolute atomic E-state index is 11.8. The Bertz CT molecular complexity index is 447. The first-order valence-corrected chi connectivity index (χ1v) is 5.37. The Hall–Kier alpha value is -2.24. The number of hydrogen-bond acceptors (Lipinski definition) is 3. The van der Waals surface area contributed by atoms with Crippen LogP contribution in [0, 0.1) is 0 Å². The molecule has 1 atom stereocenters. The summed E-state index contributed by atoms with van der Waals surface area (Å²) in [5.74, 6) is -0.546. The molecule has 0 spiro atoms. The van der Waals surface area contributed by atoms with Gasteiger partial charge in [-0.3, -0.25) is 9.69 Å². The largest absolute Gasteiger partial charge is 0.495 e. The molecule has 2 N–H and O–H groups in total. The molecule has 0 aromatic heterocycles. The number of hydrogen-bond donors (Lipinski definition) is 2. The first-order valence-electron chi connectivity index (χ1n) is 5.37. The van der Waals surface area contributed by atoms with E-state index >= 15 is 0 Å². The van der Waals surface area contributed by atoms with Crippen LogP contribution in [0.3, 0.4) is 0 Å². The Kier molecular flexibility index (Phi) is 4.53. The lowest BCUT2D eigenvalue weighted by Crippen LogP contribution is -2.45. The van der Waals surface area contributed by atoms with Crippen molar-refractivity contribution in [3.63, 3.8) is 0 Å². The molecule has 0 aliphatic carbocycles. The van der Waals surface area contributed by atoms with Crippen molar-refractivity contribution >= 4 is 17.7 Å². The van der Waals surface area contributed by atoms with Gasteiger partial charge in [-0.1, -0.05) is 12.1 Å². The van der Waals surface area contributed by atoms with Crippen LogP contribution in [-0.2, 0) is 4.79 Å². The number of nitrogens with zero attached hydrogens (tertiary/aromatic N) is 1. The van der Waals surface area contributed by atoms with Crippen molar-refractivity contribution < 1.29 is 19.4 Å². The van der Waals surface area contributed by atoms with E-state index < -0.39 is 18.0 Å². The molecule has 1 aromatic carbocycles. The maximum Gasteiger partial charge on any atom is 0.325 e. The second-order valence-electron chi connectivity index (χ2n) is 3.74. The van der Waals surface area contributed by atoms with Gasteiger partial charge in [-0.25, -0.2) is 4.79 Å². The maximum atomic E-state index is 11.8. The molecule has 6 heteroatoms. The van der Waals surface area contributed by atoms with E-state index in [1.54, 1.807) is 31.3 Å². The van der Waals surface area contributed by atoms with Crippen molar-refractivity contribution in [1.29, 1.82) is 0 Å². The lowest BCUT2D eigenvalue weighted by atomic mass is 10.2. The van der Waals surface area contributed by atoms with Crippen LogP contribution in [0.5, 0.6) is 5.75 Å². The first kappa shape index (κ1) is 13.8. The number of rotatable bonds is 4. The fourth-order valence-corrected chi connectivity index (χ4v) is 1.36. The fourth-order valence-electron chi connectivity index (χ4n) is 1.36. The van der Waals surface area contributed by atoms with Crippen molar-refractivity contribution in [2.24, 2.45) is 0 Å². The van der Waals surface area contributed by atoms with Gasteiger partial charge >= 0.3 is 12.0 Å². The van der Waals surface area contributed by atoms with Gasteiger partial charge in [0.25, 0.3) is 0 Å². The van der Waals surface area contributed by atoms with Crippen LogP contribution < -0.4 is 15.0 Å². The highest BCUT2D eigenvalue weighted by atomic mass is 16.5. The number of carbonyl (C=O) groups is 2. The highest BCUT2D eigenvalue weighted by molar-refractivity contribution is 5.95. The van der Waals surface area contributed by atoms with E-state index in [9.17, 15) is 9.59 Å². The SMILES string of the molecule is COc1ccccc1N(C)C(=O)N[C@H](C)C(=O)O. The highest BCUT2D eigenvalue weighted by Crippen LogP contribution is 2.26. The summed E-state index contributed by atoms with van der Waals surface area (Å²) in [5, 5.41) is 11.1. The van der Waals surface area contributed by atoms with Crippen molar-refractivity contribution in [1.82, 2.24) is 5.32 Å². The Morgan fingerprint density at radius 2 is 2.00 bits per heavy atom. The standard InChI is InChI=1S/C12H16N2O4/c1-8(11(15)16)13-12(17)14(2)9-6-4-5-7-10(9)18-3/h4-8H,1-3H3,(H,13,17)(H,15,16)/t8-/m1/s1. The second kappa shape index (κ2) is 5.90. The number of anilines is 1. The monoisotopic (exact) mass is 252 g/mol. The summed E-state index contributed by atoms with van der Waals surface area (Å²) in [6.07, 6.45) is 0. The van der Waals surface area contributed by atoms with Crippen LogP contribution in [0.4, 0.5) is 10.5 Å². The van der Waals surface area contributed by atoms with Gasteiger partial charge in [0.2, 0.25) is 0 Å². The predicted octanol–water partition coefficient (Wildman–Crippen LogP) is 1.31. The number of ether oxygens (including phenoxy) is 1. The normalized spacial score (nSPS) is 11.5. The summed E-state index contributed by atoms with van der Waals surface area (Å²) in [6.45, 7) is 1.40. The molecule has 0 heterocycles. The molecule has 0 fully saturated rings. The Labute approximate surface area is 105 Å². The zero-order valence-corrected chi connectivity index (χ0v) is 10.5. The van der Waals surface area contributed by atoms with Gasteiger partial charge in [-0.2, -0.15) is 0 Å². The van der Waals surface area contributed by atoms with Crippen molar-refractivity contribution in [2.45, 2.75) is 13.0 Å². The Balaban J connectivity index is 2.83. The van der Waals surface area contributed by atoms with Gasteiger partial charge < -0.3 is 15.2 Å². The third-order valence-corrected chi connectivity index (χ3v) is 2.46. The zero-order chi connectivity index (χ0) is 13.7. The molecule has 0 unspecified atom stereocenters. The molecule has 0 aliphatic heterocycles. The van der Waals surface area contributed by atoms with Gasteiger partial charge in [0.15, 0.2) is 0 Å². The average molecular weight is 252 g/mol. The molecule has 0 saturated heterocycles. The summed E-state index contributed by atoms with van der Waals surface area (Å²) in [6, 6.07) is 5.53. The Morgan fingerprint density at radius 1 is 1.39 bits per heavy atom. The molecule has 98 valence electrons. The fraction of sp³-hybridized carbons (Fsp3) is 0.333. The van der Waals surface area contributed by atoms with E-state index in [4.69, 9.17) is 9.84 Å². The van der Waals surface area contributed by atoms with E-state index in [-0.39, 0.29) is 0 Å². The van der Waals surface area contributed by atoms with Crippen LogP contribution >= 0.6 is 0 Å². The van der Waals surface area contributed by atoms with E-state index in [1.807, 2.05) is 0 Å². The lowest BCUT2D eigenvalue weighted by molar-refractivity contribution is -0.138. The van der Waals surface area contributed by atoms with E-state index in [0.717, 1.165) is 0 Å². The molecule has 18 heavy (non-hydrogen) atoms. The average Bonchev–Trinajstić information content (AvgIpc) is 2.37. The number of urea groups is 1. The second-order valence-corrected chi connectivity index (χ2v) is 3.74. The number of para-hydroxylation sites is 2. The van der Waals surface area contributed by atoms with Gasteiger partial charge in [0.1, 0.15) is 11.8 Å². The number of carboxylic acid groups (broad SMARTS) is 1. The summed E-state index contributed by atoms with van der Waals surface area (Å²) in [4.78, 5) is 23.8. The Morgan fingerprint density at radius 3 is 2.56 bits per heavy atom. The molecule has 6 nitrogen and oxygen atoms in total. The van der Waals surface area contributed by atoms with E-state index in [0.29, 0.717) is 11.4 Å². The van der Waals surface area contributed by atoms with E-state index in [2.05, 4.69) is 5.32 Å².